The fourth-order valence-electron chi connectivity index (χ4n) is 2.41. The number of carbonyl (C=O) groups excluding carboxylic acids is 2. The van der Waals surface area contributed by atoms with Crippen molar-refractivity contribution in [1.82, 2.24) is 0 Å². The van der Waals surface area contributed by atoms with E-state index in [0.29, 0.717) is 6.61 Å². The van der Waals surface area contributed by atoms with E-state index in [4.69, 9.17) is 9.47 Å². The van der Waals surface area contributed by atoms with Crippen molar-refractivity contribution in [2.75, 3.05) is 13.2 Å². The Morgan fingerprint density at radius 1 is 1.04 bits per heavy atom. The van der Waals surface area contributed by atoms with Crippen LogP contribution in [0.15, 0.2) is 12.1 Å². The number of rotatable bonds is 7. The molecule has 0 amide bonds. The lowest BCUT2D eigenvalue weighted by Crippen LogP contribution is -2.33. The van der Waals surface area contributed by atoms with Crippen molar-refractivity contribution in [2.24, 2.45) is 5.41 Å². The molecule has 1 aromatic carbocycles. The zero-order valence-electron chi connectivity index (χ0n) is 15.1. The van der Waals surface area contributed by atoms with Crippen molar-refractivity contribution in [3.05, 3.63) is 34.4 Å². The number of hydrogen-bond acceptors (Lipinski definition) is 4. The maximum atomic E-state index is 12.1. The molecule has 0 aliphatic heterocycles. The van der Waals surface area contributed by atoms with Gasteiger partial charge in [-0.3, -0.25) is 9.59 Å². The van der Waals surface area contributed by atoms with Gasteiger partial charge in [-0.15, -0.1) is 0 Å². The van der Waals surface area contributed by atoms with Crippen molar-refractivity contribution >= 4 is 11.9 Å². The second-order valence-corrected chi connectivity index (χ2v) is 6.50. The third-order valence-electron chi connectivity index (χ3n) is 3.91. The Bertz CT molecular complexity index is 550. The summed E-state index contributed by atoms with van der Waals surface area (Å²) in [6.45, 7) is 11.7. The molecule has 0 aromatic heterocycles. The van der Waals surface area contributed by atoms with Gasteiger partial charge in [-0.1, -0.05) is 19.1 Å². The van der Waals surface area contributed by atoms with Gasteiger partial charge in [0.15, 0.2) is 0 Å². The molecule has 1 rings (SSSR count). The van der Waals surface area contributed by atoms with Gasteiger partial charge >= 0.3 is 11.9 Å². The van der Waals surface area contributed by atoms with Gasteiger partial charge < -0.3 is 9.47 Å². The first-order valence-electron chi connectivity index (χ1n) is 8.13. The lowest BCUT2D eigenvalue weighted by atomic mass is 9.94. The largest absolute Gasteiger partial charge is 0.465 e. The Hall–Kier alpha value is -1.84. The van der Waals surface area contributed by atoms with Crippen LogP contribution in [0.25, 0.3) is 0 Å². The Morgan fingerprint density at radius 2 is 1.61 bits per heavy atom. The van der Waals surface area contributed by atoms with E-state index in [9.17, 15) is 9.59 Å². The van der Waals surface area contributed by atoms with Crippen LogP contribution in [0.2, 0.25) is 0 Å². The minimum absolute atomic E-state index is 0.0236. The quantitative estimate of drug-likeness (QED) is 0.721. The minimum Gasteiger partial charge on any atom is -0.465 e. The van der Waals surface area contributed by atoms with Crippen LogP contribution >= 0.6 is 0 Å². The summed E-state index contributed by atoms with van der Waals surface area (Å²) in [5.74, 6) is -0.676. The maximum absolute atomic E-state index is 12.1. The fraction of sp³-hybridized carbons (Fsp3) is 0.579. The predicted octanol–water partition coefficient (Wildman–Crippen LogP) is 3.54. The molecule has 0 atom stereocenters. The van der Waals surface area contributed by atoms with Gasteiger partial charge in [0.05, 0.1) is 18.4 Å². The maximum Gasteiger partial charge on any atom is 0.314 e. The van der Waals surface area contributed by atoms with Gasteiger partial charge in [0, 0.05) is 0 Å². The number of benzene rings is 1. The zero-order valence-corrected chi connectivity index (χ0v) is 15.1. The monoisotopic (exact) mass is 320 g/mol. The number of esters is 2. The summed E-state index contributed by atoms with van der Waals surface area (Å²) in [5.41, 5.74) is 3.63. The molecule has 0 aliphatic rings. The molecule has 128 valence electrons. The van der Waals surface area contributed by atoms with E-state index in [2.05, 4.69) is 19.1 Å². The molecule has 0 radical (unpaired) electrons. The van der Waals surface area contributed by atoms with Gasteiger partial charge in [-0.2, -0.15) is 0 Å². The van der Waals surface area contributed by atoms with Crippen LogP contribution < -0.4 is 0 Å². The topological polar surface area (TPSA) is 52.6 Å². The predicted molar refractivity (Wildman–Crippen MR) is 90.4 cm³/mol. The first kappa shape index (κ1) is 19.2. The molecular weight excluding hydrogens is 292 g/mol. The summed E-state index contributed by atoms with van der Waals surface area (Å²) < 4.78 is 10.3. The first-order chi connectivity index (χ1) is 10.7. The fourth-order valence-corrected chi connectivity index (χ4v) is 2.41. The summed E-state index contributed by atoms with van der Waals surface area (Å²) in [4.78, 5) is 23.9. The summed E-state index contributed by atoms with van der Waals surface area (Å²) in [6.07, 6.45) is 1.20. The SMILES string of the molecule is CCOC(=O)C(C)(C)COC(=O)Cc1c(C)cc(CC)cc1C. The Labute approximate surface area is 139 Å². The minimum atomic E-state index is -0.832. The van der Waals surface area contributed by atoms with Crippen molar-refractivity contribution in [2.45, 2.75) is 54.4 Å². The molecule has 0 saturated carbocycles. The number of ether oxygens (including phenoxy) is 2. The van der Waals surface area contributed by atoms with Gasteiger partial charge in [0.25, 0.3) is 0 Å². The molecule has 0 bridgehead atoms. The third-order valence-corrected chi connectivity index (χ3v) is 3.91. The molecule has 0 unspecified atom stereocenters. The standard InChI is InChI=1S/C19H28O4/c1-7-15-9-13(3)16(14(4)10-15)11-17(20)23-12-19(5,6)18(21)22-8-2/h9-10H,7-8,11-12H2,1-6H3. The first-order valence-corrected chi connectivity index (χ1v) is 8.13. The highest BCUT2D eigenvalue weighted by molar-refractivity contribution is 5.77. The van der Waals surface area contributed by atoms with E-state index in [1.54, 1.807) is 20.8 Å². The highest BCUT2D eigenvalue weighted by Gasteiger charge is 2.31. The van der Waals surface area contributed by atoms with E-state index >= 15 is 0 Å². The molecule has 0 N–H and O–H groups in total. The molecule has 0 fully saturated rings. The average Bonchev–Trinajstić information content (AvgIpc) is 2.49. The normalized spacial score (nSPS) is 11.2. The average molecular weight is 320 g/mol. The molecule has 1 aromatic rings. The number of carbonyl (C=O) groups is 2. The lowest BCUT2D eigenvalue weighted by Gasteiger charge is -2.22. The molecule has 0 heterocycles. The highest BCUT2D eigenvalue weighted by atomic mass is 16.6. The van der Waals surface area contributed by atoms with Crippen molar-refractivity contribution in [3.8, 4) is 0 Å². The molecule has 23 heavy (non-hydrogen) atoms. The van der Waals surface area contributed by atoms with E-state index in [0.717, 1.165) is 23.1 Å². The van der Waals surface area contributed by atoms with E-state index < -0.39 is 5.41 Å². The Kier molecular flexibility index (Phi) is 6.79. The summed E-state index contributed by atoms with van der Waals surface area (Å²) in [7, 11) is 0. The van der Waals surface area contributed by atoms with E-state index in [-0.39, 0.29) is 25.0 Å². The number of hydrogen-bond donors (Lipinski definition) is 0. The van der Waals surface area contributed by atoms with Gasteiger partial charge in [0.2, 0.25) is 0 Å². The second-order valence-electron chi connectivity index (χ2n) is 6.50. The second kappa shape index (κ2) is 8.14. The Balaban J connectivity index is 2.69. The van der Waals surface area contributed by atoms with E-state index in [1.807, 2.05) is 13.8 Å². The van der Waals surface area contributed by atoms with Crippen LogP contribution in [0.5, 0.6) is 0 Å². The smallest absolute Gasteiger partial charge is 0.314 e. The molecule has 4 heteroatoms. The van der Waals surface area contributed by atoms with Crippen molar-refractivity contribution in [3.63, 3.8) is 0 Å². The van der Waals surface area contributed by atoms with Crippen LogP contribution in [0, 0.1) is 19.3 Å². The number of aryl methyl sites for hydroxylation is 3. The van der Waals surface area contributed by atoms with Gasteiger partial charge in [-0.25, -0.2) is 0 Å². The van der Waals surface area contributed by atoms with Crippen LogP contribution in [-0.4, -0.2) is 25.2 Å². The van der Waals surface area contributed by atoms with Crippen LogP contribution in [0.4, 0.5) is 0 Å². The van der Waals surface area contributed by atoms with E-state index in [1.165, 1.54) is 5.56 Å². The van der Waals surface area contributed by atoms with Crippen LogP contribution in [0.1, 0.15) is 49.9 Å². The summed E-state index contributed by atoms with van der Waals surface area (Å²) in [6, 6.07) is 4.22. The summed E-state index contributed by atoms with van der Waals surface area (Å²) in [5, 5.41) is 0. The van der Waals surface area contributed by atoms with Crippen LogP contribution in [0.3, 0.4) is 0 Å². The lowest BCUT2D eigenvalue weighted by molar-refractivity contribution is -0.160. The highest BCUT2D eigenvalue weighted by Crippen LogP contribution is 2.20. The molecular formula is C19H28O4. The third kappa shape index (κ3) is 5.38. The molecule has 0 spiro atoms. The molecule has 0 aliphatic carbocycles. The van der Waals surface area contributed by atoms with Crippen molar-refractivity contribution in [1.29, 1.82) is 0 Å². The molecule has 4 nitrogen and oxygen atoms in total. The van der Waals surface area contributed by atoms with Gasteiger partial charge in [0.1, 0.15) is 6.61 Å². The van der Waals surface area contributed by atoms with Crippen LogP contribution in [-0.2, 0) is 31.9 Å². The molecule has 0 saturated heterocycles. The van der Waals surface area contributed by atoms with Crippen molar-refractivity contribution < 1.29 is 19.1 Å². The summed E-state index contributed by atoms with van der Waals surface area (Å²) >= 11 is 0. The Morgan fingerprint density at radius 3 is 2.09 bits per heavy atom. The zero-order chi connectivity index (χ0) is 17.6. The van der Waals surface area contributed by atoms with Gasteiger partial charge in [-0.05, 0) is 63.3 Å².